The summed E-state index contributed by atoms with van der Waals surface area (Å²) in [5.74, 6) is 0. The summed E-state index contributed by atoms with van der Waals surface area (Å²) < 4.78 is 0. The number of hydrogen-bond acceptors (Lipinski definition) is 4. The van der Waals surface area contributed by atoms with Crippen LogP contribution in [0.1, 0.15) is 152 Å². The van der Waals surface area contributed by atoms with Gasteiger partial charge in [0.05, 0.1) is 0 Å². The van der Waals surface area contributed by atoms with E-state index >= 15 is 0 Å². The van der Waals surface area contributed by atoms with E-state index in [1.165, 1.54) is 171 Å². The molecule has 0 saturated heterocycles. The quantitative estimate of drug-likeness (QED) is 0.0618. The van der Waals surface area contributed by atoms with Crippen LogP contribution in [0.5, 0.6) is 0 Å². The second-order valence-corrected chi connectivity index (χ2v) is 17.2. The third-order valence-electron chi connectivity index (χ3n) is 8.82. The van der Waals surface area contributed by atoms with Crippen LogP contribution >= 0.6 is 45.3 Å². The molecule has 0 aliphatic carbocycles. The monoisotopic (exact) mass is 666 g/mol. The highest BCUT2D eigenvalue weighted by Crippen LogP contribution is 2.43. The van der Waals surface area contributed by atoms with Gasteiger partial charge < -0.3 is 0 Å². The maximum Gasteiger partial charge on any atom is 0.0449 e. The summed E-state index contributed by atoms with van der Waals surface area (Å²) in [5.41, 5.74) is 0. The zero-order valence-electron chi connectivity index (χ0n) is 27.8. The van der Waals surface area contributed by atoms with E-state index in [2.05, 4.69) is 62.4 Å². The minimum atomic E-state index is 1.25. The van der Waals surface area contributed by atoms with Gasteiger partial charge >= 0.3 is 0 Å². The molecule has 4 rings (SSSR count). The van der Waals surface area contributed by atoms with E-state index < -0.39 is 0 Å². The molecule has 0 fully saturated rings. The molecule has 0 aliphatic heterocycles. The van der Waals surface area contributed by atoms with Gasteiger partial charge in [-0.05, 0) is 74.2 Å². The van der Waals surface area contributed by atoms with Crippen LogP contribution in [0.3, 0.4) is 0 Å². The van der Waals surface area contributed by atoms with Gasteiger partial charge in [0, 0.05) is 39.0 Å². The average molecular weight is 667 g/mol. The number of hydrogen-bond donors (Lipinski definition) is 0. The first kappa shape index (κ1) is 35.7. The van der Waals surface area contributed by atoms with Crippen LogP contribution in [0.25, 0.3) is 29.3 Å². The Balaban J connectivity index is 1.14. The molecule has 0 unspecified atom stereocenters. The maximum atomic E-state index is 2.38. The SMILES string of the molecule is CCCCCCCCCCCCc1ccc(-c2ccc(-c3ccc(-c4ccc(CCCCCCCCCCCC)s4)s3)s2)s1. The van der Waals surface area contributed by atoms with Gasteiger partial charge in [-0.2, -0.15) is 0 Å². The first-order valence-electron chi connectivity index (χ1n) is 18.1. The third kappa shape index (κ3) is 12.9. The van der Waals surface area contributed by atoms with Crippen molar-refractivity contribution in [2.24, 2.45) is 0 Å². The first-order chi connectivity index (χ1) is 21.8. The Kier molecular flexibility index (Phi) is 17.5. The maximum absolute atomic E-state index is 2.38. The molecule has 0 radical (unpaired) electrons. The van der Waals surface area contributed by atoms with Crippen molar-refractivity contribution in [3.63, 3.8) is 0 Å². The van der Waals surface area contributed by atoms with Gasteiger partial charge in [0.1, 0.15) is 0 Å². The van der Waals surface area contributed by atoms with Gasteiger partial charge in [0.2, 0.25) is 0 Å². The van der Waals surface area contributed by atoms with Gasteiger partial charge in [0.25, 0.3) is 0 Å². The lowest BCUT2D eigenvalue weighted by Crippen LogP contribution is -1.84. The molecule has 4 aromatic rings. The second kappa shape index (κ2) is 21.6. The molecule has 242 valence electrons. The van der Waals surface area contributed by atoms with Crippen LogP contribution in [0, 0.1) is 0 Å². The van der Waals surface area contributed by atoms with E-state index in [4.69, 9.17) is 0 Å². The zero-order chi connectivity index (χ0) is 30.7. The Labute approximate surface area is 286 Å². The van der Waals surface area contributed by atoms with Crippen molar-refractivity contribution in [2.45, 2.75) is 155 Å². The Hall–Kier alpha value is -1.20. The van der Waals surface area contributed by atoms with Crippen molar-refractivity contribution >= 4 is 45.3 Å². The van der Waals surface area contributed by atoms with E-state index in [0.29, 0.717) is 0 Å². The van der Waals surface area contributed by atoms with Crippen molar-refractivity contribution in [1.29, 1.82) is 0 Å². The highest BCUT2D eigenvalue weighted by Gasteiger charge is 2.12. The summed E-state index contributed by atoms with van der Waals surface area (Å²) in [5, 5.41) is 0. The summed E-state index contributed by atoms with van der Waals surface area (Å²) in [7, 11) is 0. The van der Waals surface area contributed by atoms with E-state index in [9.17, 15) is 0 Å². The summed E-state index contributed by atoms with van der Waals surface area (Å²) in [4.78, 5) is 11.6. The van der Waals surface area contributed by atoms with Crippen LogP contribution < -0.4 is 0 Å². The van der Waals surface area contributed by atoms with Crippen LogP contribution in [-0.4, -0.2) is 0 Å². The minimum absolute atomic E-state index is 1.25. The van der Waals surface area contributed by atoms with Gasteiger partial charge in [-0.1, -0.05) is 129 Å². The predicted octanol–water partition coefficient (Wildman–Crippen LogP) is 15.9. The molecule has 0 nitrogen and oxygen atoms in total. The predicted molar refractivity (Wildman–Crippen MR) is 205 cm³/mol. The second-order valence-electron chi connectivity index (χ2n) is 12.7. The molecule has 0 aliphatic rings. The lowest BCUT2D eigenvalue weighted by atomic mass is 10.1. The van der Waals surface area contributed by atoms with Gasteiger partial charge in [0.15, 0.2) is 0 Å². The molecule has 0 amide bonds. The van der Waals surface area contributed by atoms with Gasteiger partial charge in [-0.15, -0.1) is 45.3 Å². The third-order valence-corrected chi connectivity index (χ3v) is 13.9. The molecule has 0 bridgehead atoms. The van der Waals surface area contributed by atoms with E-state index in [1.807, 2.05) is 45.3 Å². The molecular formula is C40H58S4. The number of rotatable bonds is 25. The minimum Gasteiger partial charge on any atom is -0.139 e. The smallest absolute Gasteiger partial charge is 0.0449 e. The van der Waals surface area contributed by atoms with Crippen molar-refractivity contribution in [2.75, 3.05) is 0 Å². The Bertz CT molecular complexity index is 1170. The molecule has 0 aromatic carbocycles. The molecule has 0 saturated carbocycles. The lowest BCUT2D eigenvalue weighted by Gasteiger charge is -2.02. The van der Waals surface area contributed by atoms with Crippen LogP contribution in [0.15, 0.2) is 48.5 Å². The van der Waals surface area contributed by atoms with Gasteiger partial charge in [-0.25, -0.2) is 0 Å². The summed E-state index contributed by atoms with van der Waals surface area (Å²) in [6, 6.07) is 18.8. The normalized spacial score (nSPS) is 11.6. The molecule has 0 spiro atoms. The van der Waals surface area contributed by atoms with Crippen LogP contribution in [0.4, 0.5) is 0 Å². The van der Waals surface area contributed by atoms with Gasteiger partial charge in [-0.3, -0.25) is 0 Å². The first-order valence-corrected chi connectivity index (χ1v) is 21.4. The Morgan fingerprint density at radius 1 is 0.295 bits per heavy atom. The van der Waals surface area contributed by atoms with Crippen LogP contribution in [-0.2, 0) is 12.8 Å². The van der Waals surface area contributed by atoms with E-state index in [-0.39, 0.29) is 0 Å². The molecule has 4 aromatic heterocycles. The molecule has 44 heavy (non-hydrogen) atoms. The van der Waals surface area contributed by atoms with Crippen molar-refractivity contribution in [3.05, 3.63) is 58.3 Å². The Morgan fingerprint density at radius 2 is 0.545 bits per heavy atom. The zero-order valence-corrected chi connectivity index (χ0v) is 31.1. The fourth-order valence-corrected chi connectivity index (χ4v) is 10.5. The Morgan fingerprint density at radius 3 is 0.864 bits per heavy atom. The molecule has 4 heteroatoms. The highest BCUT2D eigenvalue weighted by atomic mass is 32.1. The summed E-state index contributed by atoms with van der Waals surface area (Å²) >= 11 is 7.94. The number of aryl methyl sites for hydroxylation is 2. The molecule has 0 N–H and O–H groups in total. The number of unbranched alkanes of at least 4 members (excludes halogenated alkanes) is 18. The topological polar surface area (TPSA) is 0 Å². The fraction of sp³-hybridized carbons (Fsp3) is 0.600. The average Bonchev–Trinajstić information content (AvgIpc) is 3.85. The summed E-state index contributed by atoms with van der Waals surface area (Å²) in [6.45, 7) is 4.60. The van der Waals surface area contributed by atoms with E-state index in [1.54, 1.807) is 9.75 Å². The molecule has 4 heterocycles. The number of thiophene rings is 4. The van der Waals surface area contributed by atoms with Crippen molar-refractivity contribution in [3.8, 4) is 29.3 Å². The fourth-order valence-electron chi connectivity index (χ4n) is 6.07. The standard InChI is InChI=1S/C40H58S4/c1-3-5-7-9-11-13-15-17-19-21-23-33-25-27-35(41-33)37-29-31-39(43-37)40-32-30-38(44-40)36-28-26-34(42-36)24-22-20-18-16-14-12-10-8-6-4-2/h25-32H,3-24H2,1-2H3. The van der Waals surface area contributed by atoms with Crippen LogP contribution in [0.2, 0.25) is 0 Å². The van der Waals surface area contributed by atoms with E-state index in [0.717, 1.165) is 0 Å². The molecular weight excluding hydrogens is 609 g/mol. The largest absolute Gasteiger partial charge is 0.139 e. The summed E-state index contributed by atoms with van der Waals surface area (Å²) in [6.07, 6.45) is 30.7. The highest BCUT2D eigenvalue weighted by molar-refractivity contribution is 7.28. The molecule has 0 atom stereocenters. The lowest BCUT2D eigenvalue weighted by molar-refractivity contribution is 0.557. The van der Waals surface area contributed by atoms with Crippen molar-refractivity contribution < 1.29 is 0 Å². The van der Waals surface area contributed by atoms with Crippen molar-refractivity contribution in [1.82, 2.24) is 0 Å².